The molecule has 1 amide bonds. The zero-order valence-electron chi connectivity index (χ0n) is 9.27. The number of rotatable bonds is 3. The van der Waals surface area contributed by atoms with Gasteiger partial charge in [0.25, 0.3) is 0 Å². The number of carbonyl (C=O) groups is 1. The van der Waals surface area contributed by atoms with Gasteiger partial charge in [0, 0.05) is 12.1 Å². The molecule has 0 heterocycles. The highest BCUT2D eigenvalue weighted by Crippen LogP contribution is 2.26. The summed E-state index contributed by atoms with van der Waals surface area (Å²) < 4.78 is 0. The van der Waals surface area contributed by atoms with Crippen molar-refractivity contribution in [2.75, 3.05) is 7.05 Å². The van der Waals surface area contributed by atoms with Crippen LogP contribution in [0.5, 0.6) is 0 Å². The van der Waals surface area contributed by atoms with Gasteiger partial charge in [-0.3, -0.25) is 4.79 Å². The normalized spacial score (nSPS) is 11.6. The number of hydrogen-bond donors (Lipinski definition) is 0. The number of halogens is 1. The van der Waals surface area contributed by atoms with E-state index in [2.05, 4.69) is 0 Å². The van der Waals surface area contributed by atoms with E-state index < -0.39 is 0 Å². The Morgan fingerprint density at radius 2 is 2.19 bits per heavy atom. The van der Waals surface area contributed by atoms with Crippen LogP contribution < -0.4 is 0 Å². The monoisotopic (exact) mass is 236 g/mol. The van der Waals surface area contributed by atoms with E-state index in [0.717, 1.165) is 5.56 Å². The van der Waals surface area contributed by atoms with Gasteiger partial charge in [0.05, 0.1) is 12.1 Å². The largest absolute Gasteiger partial charge is 0.338 e. The van der Waals surface area contributed by atoms with E-state index in [4.69, 9.17) is 16.9 Å². The third-order valence-corrected chi connectivity index (χ3v) is 2.90. The predicted octanol–water partition coefficient (Wildman–Crippen LogP) is 2.77. The maximum atomic E-state index is 11.5. The molecule has 1 unspecified atom stereocenters. The minimum absolute atomic E-state index is 0.106. The van der Waals surface area contributed by atoms with E-state index in [-0.39, 0.29) is 18.4 Å². The molecular formula is C12H13ClN2O. The third-order valence-electron chi connectivity index (χ3n) is 2.56. The molecule has 84 valence electrons. The Morgan fingerprint density at radius 3 is 2.75 bits per heavy atom. The molecule has 1 aromatic rings. The van der Waals surface area contributed by atoms with Crippen molar-refractivity contribution in [3.63, 3.8) is 0 Å². The highest BCUT2D eigenvalue weighted by Gasteiger charge is 2.18. The summed E-state index contributed by atoms with van der Waals surface area (Å²) in [5.41, 5.74) is 0.887. The highest BCUT2D eigenvalue weighted by atomic mass is 35.5. The first kappa shape index (κ1) is 12.5. The Morgan fingerprint density at radius 1 is 1.56 bits per heavy atom. The van der Waals surface area contributed by atoms with E-state index in [0.29, 0.717) is 5.02 Å². The van der Waals surface area contributed by atoms with Gasteiger partial charge < -0.3 is 4.90 Å². The van der Waals surface area contributed by atoms with Crippen molar-refractivity contribution < 1.29 is 4.79 Å². The molecule has 0 aromatic heterocycles. The van der Waals surface area contributed by atoms with Crippen LogP contribution in [0.2, 0.25) is 5.02 Å². The standard InChI is InChI=1S/C12H13ClN2O/c1-9(15(2)12(16)7-8-14)10-5-3-4-6-11(10)13/h3-6,9H,7H2,1-2H3. The van der Waals surface area contributed by atoms with Crippen LogP contribution in [0.4, 0.5) is 0 Å². The second kappa shape index (κ2) is 5.53. The number of amides is 1. The van der Waals surface area contributed by atoms with Crippen LogP contribution >= 0.6 is 11.6 Å². The molecule has 0 radical (unpaired) electrons. The van der Waals surface area contributed by atoms with Crippen molar-refractivity contribution >= 4 is 17.5 Å². The van der Waals surface area contributed by atoms with E-state index in [1.807, 2.05) is 31.2 Å². The average Bonchev–Trinajstić information content (AvgIpc) is 2.28. The average molecular weight is 237 g/mol. The molecule has 1 aromatic carbocycles. The lowest BCUT2D eigenvalue weighted by Crippen LogP contribution is -2.29. The van der Waals surface area contributed by atoms with E-state index in [1.165, 1.54) is 4.90 Å². The van der Waals surface area contributed by atoms with Crippen molar-refractivity contribution in [1.29, 1.82) is 5.26 Å². The molecule has 1 rings (SSSR count). The fourth-order valence-electron chi connectivity index (χ4n) is 1.43. The lowest BCUT2D eigenvalue weighted by Gasteiger charge is -2.25. The Kier molecular flexibility index (Phi) is 4.33. The summed E-state index contributed by atoms with van der Waals surface area (Å²) in [5, 5.41) is 9.10. The smallest absolute Gasteiger partial charge is 0.237 e. The van der Waals surface area contributed by atoms with Gasteiger partial charge in [-0.1, -0.05) is 29.8 Å². The van der Waals surface area contributed by atoms with Gasteiger partial charge in [0.15, 0.2) is 0 Å². The Hall–Kier alpha value is -1.53. The van der Waals surface area contributed by atoms with Gasteiger partial charge in [-0.2, -0.15) is 5.26 Å². The maximum Gasteiger partial charge on any atom is 0.237 e. The zero-order chi connectivity index (χ0) is 12.1. The molecule has 4 heteroatoms. The van der Waals surface area contributed by atoms with E-state index in [9.17, 15) is 4.79 Å². The molecule has 1 atom stereocenters. The molecule has 16 heavy (non-hydrogen) atoms. The Balaban J connectivity index is 2.87. The topological polar surface area (TPSA) is 44.1 Å². The minimum Gasteiger partial charge on any atom is -0.338 e. The lowest BCUT2D eigenvalue weighted by molar-refractivity contribution is -0.130. The van der Waals surface area contributed by atoms with Crippen molar-refractivity contribution in [3.05, 3.63) is 34.9 Å². The van der Waals surface area contributed by atoms with Crippen LogP contribution in [-0.4, -0.2) is 17.9 Å². The van der Waals surface area contributed by atoms with Crippen LogP contribution in [0.1, 0.15) is 24.9 Å². The van der Waals surface area contributed by atoms with Crippen LogP contribution in [0, 0.1) is 11.3 Å². The molecule has 0 aliphatic carbocycles. The van der Waals surface area contributed by atoms with Crippen molar-refractivity contribution in [2.45, 2.75) is 19.4 Å². The Bertz CT molecular complexity index is 425. The summed E-state index contributed by atoms with van der Waals surface area (Å²) in [7, 11) is 1.67. The fraction of sp³-hybridized carbons (Fsp3) is 0.333. The summed E-state index contributed by atoms with van der Waals surface area (Å²) in [6.45, 7) is 1.89. The van der Waals surface area contributed by atoms with Gasteiger partial charge in [-0.05, 0) is 18.6 Å². The van der Waals surface area contributed by atoms with Crippen molar-refractivity contribution in [2.24, 2.45) is 0 Å². The number of nitriles is 1. The molecule has 0 bridgehead atoms. The number of carbonyl (C=O) groups excluding carboxylic acids is 1. The molecule has 0 fully saturated rings. The van der Waals surface area contributed by atoms with Gasteiger partial charge in [0.1, 0.15) is 6.42 Å². The first-order valence-corrected chi connectivity index (χ1v) is 5.32. The molecular weight excluding hydrogens is 224 g/mol. The number of benzene rings is 1. The summed E-state index contributed by atoms with van der Waals surface area (Å²) in [5.74, 6) is -0.199. The van der Waals surface area contributed by atoms with Crippen LogP contribution in [0.3, 0.4) is 0 Å². The summed E-state index contributed by atoms with van der Waals surface area (Å²) in [4.78, 5) is 13.1. The Labute approximate surface area is 100 Å². The zero-order valence-corrected chi connectivity index (χ0v) is 10.0. The maximum absolute atomic E-state index is 11.5. The molecule has 0 spiro atoms. The first-order chi connectivity index (χ1) is 7.57. The molecule has 0 aliphatic heterocycles. The van der Waals surface area contributed by atoms with Gasteiger partial charge >= 0.3 is 0 Å². The number of nitrogens with zero attached hydrogens (tertiary/aromatic N) is 2. The van der Waals surface area contributed by atoms with Gasteiger partial charge in [-0.25, -0.2) is 0 Å². The van der Waals surface area contributed by atoms with Gasteiger partial charge in [0.2, 0.25) is 5.91 Å². The predicted molar refractivity (Wildman–Crippen MR) is 62.9 cm³/mol. The molecule has 0 saturated carbocycles. The van der Waals surface area contributed by atoms with Gasteiger partial charge in [-0.15, -0.1) is 0 Å². The summed E-state index contributed by atoms with van der Waals surface area (Å²) >= 11 is 6.04. The van der Waals surface area contributed by atoms with Crippen LogP contribution in [0.25, 0.3) is 0 Å². The van der Waals surface area contributed by atoms with Crippen molar-refractivity contribution in [1.82, 2.24) is 4.90 Å². The second-order valence-electron chi connectivity index (χ2n) is 3.54. The van der Waals surface area contributed by atoms with Crippen molar-refractivity contribution in [3.8, 4) is 6.07 Å². The first-order valence-electron chi connectivity index (χ1n) is 4.95. The lowest BCUT2D eigenvalue weighted by atomic mass is 10.1. The fourth-order valence-corrected chi connectivity index (χ4v) is 1.72. The van der Waals surface area contributed by atoms with Crippen LogP contribution in [0.15, 0.2) is 24.3 Å². The molecule has 0 N–H and O–H groups in total. The quantitative estimate of drug-likeness (QED) is 0.810. The summed E-state index contributed by atoms with van der Waals surface area (Å²) in [6, 6.07) is 9.10. The molecule has 0 saturated heterocycles. The third kappa shape index (κ3) is 2.74. The second-order valence-corrected chi connectivity index (χ2v) is 3.94. The van der Waals surface area contributed by atoms with E-state index in [1.54, 1.807) is 13.1 Å². The SMILES string of the molecule is CC(c1ccccc1Cl)N(C)C(=O)CC#N. The molecule has 3 nitrogen and oxygen atoms in total. The van der Waals surface area contributed by atoms with E-state index >= 15 is 0 Å². The minimum atomic E-state index is -0.199. The van der Waals surface area contributed by atoms with Crippen LogP contribution in [-0.2, 0) is 4.79 Å². The summed E-state index contributed by atoms with van der Waals surface area (Å²) in [6.07, 6.45) is -0.106. The molecule has 0 aliphatic rings. The highest BCUT2D eigenvalue weighted by molar-refractivity contribution is 6.31. The number of hydrogen-bond acceptors (Lipinski definition) is 2.